The molecule has 0 bridgehead atoms. The number of nitrogen functional groups attached to an aromatic ring is 1. The van der Waals surface area contributed by atoms with Gasteiger partial charge in [0, 0.05) is 18.8 Å². The Labute approximate surface area is 112 Å². The second-order valence-electron chi connectivity index (χ2n) is 4.19. The summed E-state index contributed by atoms with van der Waals surface area (Å²) in [6, 6.07) is 5.21. The molecule has 1 amide bonds. The minimum absolute atomic E-state index is 0.247. The summed E-state index contributed by atoms with van der Waals surface area (Å²) in [6.07, 6.45) is 0. The van der Waals surface area contributed by atoms with Crippen LogP contribution in [0.4, 0.5) is 5.69 Å². The van der Waals surface area contributed by atoms with E-state index in [0.29, 0.717) is 49.9 Å². The molecule has 6 nitrogen and oxygen atoms in total. The summed E-state index contributed by atoms with van der Waals surface area (Å²) >= 11 is 0. The van der Waals surface area contributed by atoms with Crippen LogP contribution < -0.4 is 15.9 Å². The zero-order chi connectivity index (χ0) is 13.7. The number of amides is 1. The number of ether oxygens (including phenoxy) is 2. The number of carbonyl (C=O) groups is 1. The van der Waals surface area contributed by atoms with Crippen LogP contribution in [-0.2, 0) is 4.74 Å². The number of carbonyl (C=O) groups excluding carboxylic acids is 1. The van der Waals surface area contributed by atoms with Crippen LogP contribution in [-0.4, -0.2) is 43.8 Å². The fraction of sp³-hybridized carbons (Fsp3) is 0.462. The highest BCUT2D eigenvalue weighted by Crippen LogP contribution is 2.24. The molecule has 0 aliphatic carbocycles. The smallest absolute Gasteiger partial charge is 0.271 e. The summed E-state index contributed by atoms with van der Waals surface area (Å²) in [5.41, 5.74) is 9.50. The fourth-order valence-electron chi connectivity index (χ4n) is 1.94. The number of anilines is 1. The van der Waals surface area contributed by atoms with Gasteiger partial charge in [-0.2, -0.15) is 0 Å². The van der Waals surface area contributed by atoms with Gasteiger partial charge >= 0.3 is 0 Å². The van der Waals surface area contributed by atoms with E-state index >= 15 is 0 Å². The zero-order valence-corrected chi connectivity index (χ0v) is 11.0. The molecule has 1 fully saturated rings. The minimum atomic E-state index is -0.247. The predicted molar refractivity (Wildman–Crippen MR) is 71.9 cm³/mol. The van der Waals surface area contributed by atoms with E-state index in [1.54, 1.807) is 18.2 Å². The second kappa shape index (κ2) is 6.40. The lowest BCUT2D eigenvalue weighted by molar-refractivity contribution is 0.0125. The molecule has 3 N–H and O–H groups in total. The topological polar surface area (TPSA) is 76.8 Å². The van der Waals surface area contributed by atoms with Gasteiger partial charge in [0.15, 0.2) is 0 Å². The Morgan fingerprint density at radius 2 is 2.21 bits per heavy atom. The van der Waals surface area contributed by atoms with Gasteiger partial charge in [-0.1, -0.05) is 6.07 Å². The molecule has 1 aromatic carbocycles. The highest BCUT2D eigenvalue weighted by Gasteiger charge is 2.19. The summed E-state index contributed by atoms with van der Waals surface area (Å²) < 4.78 is 10.7. The largest absolute Gasteiger partial charge is 0.493 e. The minimum Gasteiger partial charge on any atom is -0.493 e. The summed E-state index contributed by atoms with van der Waals surface area (Å²) in [5, 5.41) is 1.83. The third-order valence-electron chi connectivity index (χ3n) is 2.86. The Morgan fingerprint density at radius 1 is 1.47 bits per heavy atom. The van der Waals surface area contributed by atoms with Crippen LogP contribution in [0.5, 0.6) is 5.75 Å². The molecule has 0 radical (unpaired) electrons. The fourth-order valence-corrected chi connectivity index (χ4v) is 1.94. The van der Waals surface area contributed by atoms with Crippen LogP contribution in [0.3, 0.4) is 0 Å². The average molecular weight is 265 g/mol. The van der Waals surface area contributed by atoms with Crippen molar-refractivity contribution in [1.82, 2.24) is 10.4 Å². The van der Waals surface area contributed by atoms with E-state index in [0.717, 1.165) is 0 Å². The number of hydrogen-bond acceptors (Lipinski definition) is 5. The van der Waals surface area contributed by atoms with Crippen molar-refractivity contribution in [3.63, 3.8) is 0 Å². The number of hydrogen-bond donors (Lipinski definition) is 2. The molecule has 0 spiro atoms. The number of nitrogens with two attached hydrogens (primary N) is 1. The van der Waals surface area contributed by atoms with Gasteiger partial charge in [0.25, 0.3) is 5.91 Å². The third-order valence-corrected chi connectivity index (χ3v) is 2.86. The van der Waals surface area contributed by atoms with Gasteiger partial charge in [0.2, 0.25) is 0 Å². The number of benzene rings is 1. The van der Waals surface area contributed by atoms with Crippen LogP contribution in [0, 0.1) is 0 Å². The first-order valence-electron chi connectivity index (χ1n) is 6.37. The van der Waals surface area contributed by atoms with Gasteiger partial charge in [0.05, 0.1) is 19.8 Å². The zero-order valence-electron chi connectivity index (χ0n) is 11.0. The molecule has 6 heteroatoms. The normalized spacial score (nSPS) is 16.1. The summed E-state index contributed by atoms with van der Waals surface area (Å²) in [5.74, 6) is 0.261. The molecule has 1 saturated heterocycles. The van der Waals surface area contributed by atoms with E-state index < -0.39 is 0 Å². The first-order valence-corrected chi connectivity index (χ1v) is 6.37. The van der Waals surface area contributed by atoms with Gasteiger partial charge in [-0.15, -0.1) is 0 Å². The lowest BCUT2D eigenvalue weighted by Crippen LogP contribution is -2.48. The van der Waals surface area contributed by atoms with E-state index in [-0.39, 0.29) is 5.91 Å². The lowest BCUT2D eigenvalue weighted by Gasteiger charge is -2.27. The molecular weight excluding hydrogens is 246 g/mol. The molecule has 1 heterocycles. The Balaban J connectivity index is 2.13. The van der Waals surface area contributed by atoms with Crippen molar-refractivity contribution in [2.24, 2.45) is 0 Å². The van der Waals surface area contributed by atoms with E-state index in [4.69, 9.17) is 15.2 Å². The average Bonchev–Trinajstić information content (AvgIpc) is 2.40. The summed E-state index contributed by atoms with van der Waals surface area (Å²) in [7, 11) is 0. The summed E-state index contributed by atoms with van der Waals surface area (Å²) in [4.78, 5) is 12.3. The number of hydrazine groups is 1. The Bertz CT molecular complexity index is 445. The van der Waals surface area contributed by atoms with Crippen molar-refractivity contribution in [3.05, 3.63) is 23.8 Å². The van der Waals surface area contributed by atoms with Crippen molar-refractivity contribution in [3.8, 4) is 5.75 Å². The monoisotopic (exact) mass is 265 g/mol. The maximum Gasteiger partial charge on any atom is 0.271 e. The number of nitrogens with one attached hydrogen (secondary N) is 1. The summed E-state index contributed by atoms with van der Waals surface area (Å²) in [6.45, 7) is 4.92. The number of rotatable bonds is 4. The maximum absolute atomic E-state index is 12.3. The standard InChI is InChI=1S/C13H19N3O3/c1-2-19-11-5-3-4-10(14)12(11)13(17)15-16-6-8-18-9-7-16/h3-5H,2,6-9,14H2,1H3,(H,15,17). The van der Waals surface area contributed by atoms with Gasteiger partial charge in [-0.3, -0.25) is 10.2 Å². The molecule has 19 heavy (non-hydrogen) atoms. The quantitative estimate of drug-likeness (QED) is 0.781. The molecule has 0 atom stereocenters. The molecule has 1 aromatic rings. The number of morpholine rings is 1. The van der Waals surface area contributed by atoms with Crippen LogP contribution in [0.15, 0.2) is 18.2 Å². The van der Waals surface area contributed by atoms with E-state index in [1.807, 2.05) is 11.9 Å². The predicted octanol–water partition coefficient (Wildman–Crippen LogP) is 0.644. The Kier molecular flexibility index (Phi) is 4.59. The molecule has 0 aromatic heterocycles. The SMILES string of the molecule is CCOc1cccc(N)c1C(=O)NN1CCOCC1. The second-order valence-corrected chi connectivity index (χ2v) is 4.19. The third kappa shape index (κ3) is 3.36. The molecule has 0 unspecified atom stereocenters. The Hall–Kier alpha value is -1.79. The van der Waals surface area contributed by atoms with E-state index in [2.05, 4.69) is 5.43 Å². The first-order chi connectivity index (χ1) is 9.22. The highest BCUT2D eigenvalue weighted by molar-refractivity contribution is 6.01. The van der Waals surface area contributed by atoms with E-state index in [1.165, 1.54) is 0 Å². The van der Waals surface area contributed by atoms with Crippen LogP contribution >= 0.6 is 0 Å². The van der Waals surface area contributed by atoms with Crippen LogP contribution in [0.2, 0.25) is 0 Å². The number of nitrogens with zero attached hydrogens (tertiary/aromatic N) is 1. The molecule has 2 rings (SSSR count). The van der Waals surface area contributed by atoms with Gasteiger partial charge in [-0.05, 0) is 19.1 Å². The van der Waals surface area contributed by atoms with Crippen molar-refractivity contribution >= 4 is 11.6 Å². The van der Waals surface area contributed by atoms with Gasteiger partial charge in [0.1, 0.15) is 11.3 Å². The van der Waals surface area contributed by atoms with Crippen LogP contribution in [0.1, 0.15) is 17.3 Å². The maximum atomic E-state index is 12.3. The molecule has 1 aliphatic rings. The lowest BCUT2D eigenvalue weighted by atomic mass is 10.1. The van der Waals surface area contributed by atoms with Crippen molar-refractivity contribution in [2.75, 3.05) is 38.6 Å². The molecule has 1 aliphatic heterocycles. The van der Waals surface area contributed by atoms with Gasteiger partial charge in [-0.25, -0.2) is 5.01 Å². The van der Waals surface area contributed by atoms with E-state index in [9.17, 15) is 4.79 Å². The molecule has 0 saturated carbocycles. The van der Waals surface area contributed by atoms with Gasteiger partial charge < -0.3 is 15.2 Å². The van der Waals surface area contributed by atoms with Crippen molar-refractivity contribution in [1.29, 1.82) is 0 Å². The Morgan fingerprint density at radius 3 is 2.89 bits per heavy atom. The van der Waals surface area contributed by atoms with Crippen molar-refractivity contribution in [2.45, 2.75) is 6.92 Å². The van der Waals surface area contributed by atoms with Crippen molar-refractivity contribution < 1.29 is 14.3 Å². The molecular formula is C13H19N3O3. The van der Waals surface area contributed by atoms with Crippen LogP contribution in [0.25, 0.3) is 0 Å². The first kappa shape index (κ1) is 13.6. The highest BCUT2D eigenvalue weighted by atomic mass is 16.5. The molecule has 104 valence electrons.